The Morgan fingerprint density at radius 1 is 1.65 bits per heavy atom. The lowest BCUT2D eigenvalue weighted by molar-refractivity contribution is -0.137. The van der Waals surface area contributed by atoms with E-state index in [-0.39, 0.29) is 18.0 Å². The first-order chi connectivity index (χ1) is 7.81. The van der Waals surface area contributed by atoms with Gasteiger partial charge in [0.05, 0.1) is 6.20 Å². The molecule has 0 fully saturated rings. The molecule has 1 heterocycles. The molecule has 0 aliphatic heterocycles. The molecule has 1 aromatic heterocycles. The van der Waals surface area contributed by atoms with Crippen LogP contribution in [0.5, 0.6) is 0 Å². The lowest BCUT2D eigenvalue weighted by Crippen LogP contribution is -2.24. The number of nitrogens with one attached hydrogen (secondary N) is 1. The number of carboxylic acid groups (broad SMARTS) is 1. The predicted octanol–water partition coefficient (Wildman–Crippen LogP) is 0.155. The molecule has 1 aromatic rings. The van der Waals surface area contributed by atoms with Gasteiger partial charge in [0.25, 0.3) is 0 Å². The summed E-state index contributed by atoms with van der Waals surface area (Å²) in [6.45, 7) is 3.15. The fourth-order valence-electron chi connectivity index (χ4n) is 0.965. The van der Waals surface area contributed by atoms with Crippen LogP contribution in [0.25, 0.3) is 0 Å². The van der Waals surface area contributed by atoms with Gasteiger partial charge in [0.1, 0.15) is 11.4 Å². The van der Waals surface area contributed by atoms with Crippen LogP contribution in [0.4, 0.5) is 0 Å². The standard InChI is InChI=1S/C8H10BrN3O4S/c1-6(9)2-11-17(15,16)7-3-10-12(4-7)5-8(13)14/h3-4,11H,1-2,5H2,(H,13,14). The molecule has 0 atom stereocenters. The van der Waals surface area contributed by atoms with Crippen LogP contribution in [0, 0.1) is 0 Å². The van der Waals surface area contributed by atoms with Crippen molar-refractivity contribution in [2.45, 2.75) is 11.4 Å². The van der Waals surface area contributed by atoms with Gasteiger partial charge in [-0.05, 0) is 0 Å². The SMILES string of the molecule is C=C(Br)CNS(=O)(=O)c1cnn(CC(=O)O)c1. The van der Waals surface area contributed by atoms with E-state index in [1.165, 1.54) is 0 Å². The quantitative estimate of drug-likeness (QED) is 0.776. The van der Waals surface area contributed by atoms with Crippen LogP contribution in [0.2, 0.25) is 0 Å². The molecule has 0 radical (unpaired) electrons. The lowest BCUT2D eigenvalue weighted by atomic mass is 10.6. The highest BCUT2D eigenvalue weighted by Crippen LogP contribution is 2.08. The van der Waals surface area contributed by atoms with Crippen molar-refractivity contribution < 1.29 is 18.3 Å². The number of hydrogen-bond acceptors (Lipinski definition) is 4. The molecular weight excluding hydrogens is 314 g/mol. The zero-order valence-electron chi connectivity index (χ0n) is 8.63. The maximum atomic E-state index is 11.7. The second kappa shape index (κ2) is 5.43. The van der Waals surface area contributed by atoms with E-state index in [0.29, 0.717) is 4.48 Å². The van der Waals surface area contributed by atoms with E-state index in [1.807, 2.05) is 0 Å². The highest BCUT2D eigenvalue weighted by molar-refractivity contribution is 9.11. The summed E-state index contributed by atoms with van der Waals surface area (Å²) in [4.78, 5) is 10.3. The van der Waals surface area contributed by atoms with Crippen LogP contribution >= 0.6 is 15.9 Å². The Hall–Kier alpha value is -1.19. The summed E-state index contributed by atoms with van der Waals surface area (Å²) in [6, 6.07) is 0. The lowest BCUT2D eigenvalue weighted by Gasteiger charge is -2.02. The first kappa shape index (κ1) is 13.9. The summed E-state index contributed by atoms with van der Waals surface area (Å²) >= 11 is 3.02. The highest BCUT2D eigenvalue weighted by Gasteiger charge is 2.16. The Bertz CT molecular complexity index is 537. The zero-order chi connectivity index (χ0) is 13.1. The van der Waals surface area contributed by atoms with Gasteiger partial charge in [-0.15, -0.1) is 0 Å². The number of sulfonamides is 1. The normalized spacial score (nSPS) is 11.4. The Morgan fingerprint density at radius 2 is 2.29 bits per heavy atom. The van der Waals surface area contributed by atoms with E-state index >= 15 is 0 Å². The fraction of sp³-hybridized carbons (Fsp3) is 0.250. The molecule has 0 aromatic carbocycles. The Morgan fingerprint density at radius 3 is 2.82 bits per heavy atom. The molecule has 2 N–H and O–H groups in total. The van der Waals surface area contributed by atoms with Crippen LogP contribution < -0.4 is 4.72 Å². The maximum absolute atomic E-state index is 11.7. The monoisotopic (exact) mass is 323 g/mol. The topological polar surface area (TPSA) is 101 Å². The van der Waals surface area contributed by atoms with Gasteiger partial charge >= 0.3 is 5.97 Å². The minimum atomic E-state index is -3.69. The van der Waals surface area contributed by atoms with Gasteiger partial charge in [0.15, 0.2) is 0 Å². The van der Waals surface area contributed by atoms with Crippen molar-refractivity contribution in [3.63, 3.8) is 0 Å². The molecule has 0 aliphatic carbocycles. The van der Waals surface area contributed by atoms with Crippen LogP contribution in [0.15, 0.2) is 28.4 Å². The number of rotatable bonds is 6. The van der Waals surface area contributed by atoms with Crippen molar-refractivity contribution in [1.29, 1.82) is 0 Å². The van der Waals surface area contributed by atoms with Crippen LogP contribution in [0.3, 0.4) is 0 Å². The van der Waals surface area contributed by atoms with Crippen molar-refractivity contribution >= 4 is 31.9 Å². The molecule has 0 unspecified atom stereocenters. The molecule has 0 saturated carbocycles. The Kier molecular flexibility index (Phi) is 4.43. The molecule has 0 bridgehead atoms. The minimum Gasteiger partial charge on any atom is -0.480 e. The van der Waals surface area contributed by atoms with Gasteiger partial charge in [0, 0.05) is 17.2 Å². The van der Waals surface area contributed by atoms with E-state index in [0.717, 1.165) is 17.1 Å². The number of aliphatic carboxylic acids is 1. The number of halogens is 1. The minimum absolute atomic E-state index is 0.0481. The third kappa shape index (κ3) is 4.29. The van der Waals surface area contributed by atoms with Crippen molar-refractivity contribution in [3.05, 3.63) is 23.5 Å². The molecule has 0 spiro atoms. The van der Waals surface area contributed by atoms with Gasteiger partial charge in [-0.1, -0.05) is 22.5 Å². The summed E-state index contributed by atoms with van der Waals surface area (Å²) < 4.78 is 27.1. The molecule has 9 heteroatoms. The van der Waals surface area contributed by atoms with Crippen molar-refractivity contribution in [3.8, 4) is 0 Å². The Labute approximate surface area is 106 Å². The molecule has 0 amide bonds. The number of nitrogens with zero attached hydrogens (tertiary/aromatic N) is 2. The van der Waals surface area contributed by atoms with E-state index in [9.17, 15) is 13.2 Å². The molecule has 1 rings (SSSR count). The molecule has 17 heavy (non-hydrogen) atoms. The summed E-state index contributed by atoms with van der Waals surface area (Å²) in [5.41, 5.74) is 0. The van der Waals surface area contributed by atoms with Gasteiger partial charge in [0.2, 0.25) is 10.0 Å². The van der Waals surface area contributed by atoms with Crippen molar-refractivity contribution in [2.24, 2.45) is 0 Å². The average molecular weight is 324 g/mol. The molecule has 7 nitrogen and oxygen atoms in total. The number of hydrogen-bond donors (Lipinski definition) is 2. The molecule has 94 valence electrons. The van der Waals surface area contributed by atoms with Crippen LogP contribution in [-0.4, -0.2) is 35.8 Å². The van der Waals surface area contributed by atoms with E-state index in [1.54, 1.807) is 0 Å². The van der Waals surface area contributed by atoms with Gasteiger partial charge in [-0.2, -0.15) is 5.10 Å². The number of carbonyl (C=O) groups is 1. The summed E-state index contributed by atoms with van der Waals surface area (Å²) in [5.74, 6) is -1.10. The van der Waals surface area contributed by atoms with Crippen molar-refractivity contribution in [2.75, 3.05) is 6.54 Å². The average Bonchev–Trinajstić information content (AvgIpc) is 2.63. The predicted molar refractivity (Wildman–Crippen MR) is 63.1 cm³/mol. The largest absolute Gasteiger partial charge is 0.480 e. The van der Waals surface area contributed by atoms with Gasteiger partial charge in [-0.25, -0.2) is 13.1 Å². The number of aromatic nitrogens is 2. The second-order valence-corrected chi connectivity index (χ2v) is 6.00. The Balaban J connectivity index is 2.81. The van der Waals surface area contributed by atoms with E-state index in [4.69, 9.17) is 5.11 Å². The molecule has 0 saturated heterocycles. The first-order valence-electron chi connectivity index (χ1n) is 4.38. The summed E-state index contributed by atoms with van der Waals surface area (Å²) in [5, 5.41) is 12.1. The second-order valence-electron chi connectivity index (χ2n) is 3.11. The first-order valence-corrected chi connectivity index (χ1v) is 6.66. The molecular formula is C8H10BrN3O4S. The summed E-state index contributed by atoms with van der Waals surface area (Å²) in [7, 11) is -3.69. The molecule has 0 aliphatic rings. The van der Waals surface area contributed by atoms with Crippen molar-refractivity contribution in [1.82, 2.24) is 14.5 Å². The third-order valence-electron chi connectivity index (χ3n) is 1.67. The van der Waals surface area contributed by atoms with Gasteiger partial charge in [-0.3, -0.25) is 9.48 Å². The summed E-state index contributed by atoms with van der Waals surface area (Å²) in [6.07, 6.45) is 2.23. The highest BCUT2D eigenvalue weighted by atomic mass is 79.9. The fourth-order valence-corrected chi connectivity index (χ4v) is 2.27. The third-order valence-corrected chi connectivity index (χ3v) is 3.31. The van der Waals surface area contributed by atoms with E-state index < -0.39 is 16.0 Å². The van der Waals surface area contributed by atoms with E-state index in [2.05, 4.69) is 32.3 Å². The maximum Gasteiger partial charge on any atom is 0.325 e. The smallest absolute Gasteiger partial charge is 0.325 e. The number of carboxylic acids is 1. The zero-order valence-corrected chi connectivity index (χ0v) is 11.0. The van der Waals surface area contributed by atoms with Crippen LogP contribution in [0.1, 0.15) is 0 Å². The van der Waals surface area contributed by atoms with Gasteiger partial charge < -0.3 is 5.11 Å². The van der Waals surface area contributed by atoms with Crippen LogP contribution in [-0.2, 0) is 21.4 Å².